The van der Waals surface area contributed by atoms with Crippen LogP contribution in [0.5, 0.6) is 0 Å². The fourth-order valence-corrected chi connectivity index (χ4v) is 3.86. The monoisotopic (exact) mass is 462 g/mol. The Labute approximate surface area is 168 Å². The van der Waals surface area contributed by atoms with E-state index in [-0.39, 0.29) is 24.0 Å². The highest BCUT2D eigenvalue weighted by Crippen LogP contribution is 2.25. The molecule has 4 nitrogen and oxygen atoms in total. The molecule has 1 unspecified atom stereocenters. The van der Waals surface area contributed by atoms with Crippen LogP contribution in [-0.4, -0.2) is 44.1 Å². The highest BCUT2D eigenvalue weighted by atomic mass is 127. The molecule has 1 aliphatic rings. The Morgan fingerprint density at radius 2 is 2.12 bits per heavy atom. The Morgan fingerprint density at radius 3 is 2.71 bits per heavy atom. The van der Waals surface area contributed by atoms with E-state index in [1.165, 1.54) is 35.4 Å². The summed E-state index contributed by atoms with van der Waals surface area (Å²) in [5.41, 5.74) is 3.81. The fourth-order valence-electron chi connectivity index (χ4n) is 2.66. The quantitative estimate of drug-likeness (QED) is 0.385. The molecule has 1 heterocycles. The predicted octanol–water partition coefficient (Wildman–Crippen LogP) is 3.63. The van der Waals surface area contributed by atoms with Gasteiger partial charge in [0.2, 0.25) is 0 Å². The number of aliphatic imine (C=N–C) groups is 1. The van der Waals surface area contributed by atoms with Gasteiger partial charge in [0.1, 0.15) is 0 Å². The molecule has 0 spiro atoms. The van der Waals surface area contributed by atoms with Crippen LogP contribution in [0.15, 0.2) is 23.2 Å². The van der Waals surface area contributed by atoms with E-state index in [2.05, 4.69) is 73.4 Å². The van der Waals surface area contributed by atoms with Gasteiger partial charge in [-0.25, -0.2) is 4.99 Å². The number of hydrogen-bond acceptors (Lipinski definition) is 3. The molecule has 136 valence electrons. The molecule has 2 N–H and O–H groups in total. The van der Waals surface area contributed by atoms with Crippen molar-refractivity contribution in [1.29, 1.82) is 0 Å². The molecule has 0 aliphatic carbocycles. The van der Waals surface area contributed by atoms with Crippen molar-refractivity contribution < 1.29 is 0 Å². The van der Waals surface area contributed by atoms with Gasteiger partial charge in [-0.1, -0.05) is 6.07 Å². The maximum Gasteiger partial charge on any atom is 0.191 e. The first-order chi connectivity index (χ1) is 11.1. The SMILES string of the molecule is CCNC(=NCc1ccc(N(C)C)cc1C)NCC1CCCS1.I. The molecule has 0 bridgehead atoms. The Kier molecular flexibility index (Phi) is 9.88. The normalized spacial score (nSPS) is 17.3. The minimum atomic E-state index is 0. The van der Waals surface area contributed by atoms with E-state index in [1.54, 1.807) is 0 Å². The zero-order chi connectivity index (χ0) is 16.7. The van der Waals surface area contributed by atoms with Crippen molar-refractivity contribution in [2.45, 2.75) is 38.5 Å². The second kappa shape index (κ2) is 11.1. The fraction of sp³-hybridized carbons (Fsp3) is 0.611. The minimum absolute atomic E-state index is 0. The number of hydrogen-bond donors (Lipinski definition) is 2. The molecule has 0 radical (unpaired) electrons. The van der Waals surface area contributed by atoms with Gasteiger partial charge in [0, 0.05) is 38.1 Å². The van der Waals surface area contributed by atoms with Crippen molar-refractivity contribution in [2.24, 2.45) is 4.99 Å². The van der Waals surface area contributed by atoms with Crippen molar-refractivity contribution in [3.63, 3.8) is 0 Å². The second-order valence-electron chi connectivity index (χ2n) is 6.22. The molecule has 1 aromatic carbocycles. The number of halogens is 1. The smallest absolute Gasteiger partial charge is 0.191 e. The summed E-state index contributed by atoms with van der Waals surface area (Å²) in [4.78, 5) is 6.88. The molecule has 0 aromatic heterocycles. The van der Waals surface area contributed by atoms with Crippen molar-refractivity contribution in [3.05, 3.63) is 29.3 Å². The largest absolute Gasteiger partial charge is 0.378 e. The lowest BCUT2D eigenvalue weighted by atomic mass is 10.1. The zero-order valence-electron chi connectivity index (χ0n) is 15.3. The van der Waals surface area contributed by atoms with Gasteiger partial charge in [0.25, 0.3) is 0 Å². The van der Waals surface area contributed by atoms with Crippen LogP contribution in [0.2, 0.25) is 0 Å². The zero-order valence-corrected chi connectivity index (χ0v) is 18.4. The molecule has 1 fully saturated rings. The molecule has 24 heavy (non-hydrogen) atoms. The van der Waals surface area contributed by atoms with E-state index < -0.39 is 0 Å². The van der Waals surface area contributed by atoms with Crippen LogP contribution < -0.4 is 15.5 Å². The third-order valence-electron chi connectivity index (χ3n) is 4.12. The summed E-state index contributed by atoms with van der Waals surface area (Å²) < 4.78 is 0. The Balaban J connectivity index is 0.00000288. The van der Waals surface area contributed by atoms with E-state index in [9.17, 15) is 0 Å². The number of aryl methyl sites for hydroxylation is 1. The van der Waals surface area contributed by atoms with E-state index in [4.69, 9.17) is 4.99 Å². The molecule has 0 amide bonds. The van der Waals surface area contributed by atoms with Gasteiger partial charge >= 0.3 is 0 Å². The second-order valence-corrected chi connectivity index (χ2v) is 7.62. The van der Waals surface area contributed by atoms with Crippen molar-refractivity contribution in [2.75, 3.05) is 37.8 Å². The predicted molar refractivity (Wildman–Crippen MR) is 119 cm³/mol. The molecule has 1 atom stereocenters. The van der Waals surface area contributed by atoms with Crippen molar-refractivity contribution in [3.8, 4) is 0 Å². The Morgan fingerprint density at radius 1 is 1.33 bits per heavy atom. The summed E-state index contributed by atoms with van der Waals surface area (Å²) in [5.74, 6) is 2.23. The van der Waals surface area contributed by atoms with E-state index >= 15 is 0 Å². The van der Waals surface area contributed by atoms with Crippen molar-refractivity contribution >= 4 is 47.4 Å². The van der Waals surface area contributed by atoms with Gasteiger partial charge in [-0.15, -0.1) is 24.0 Å². The van der Waals surface area contributed by atoms with Crippen LogP contribution in [0.4, 0.5) is 5.69 Å². The highest BCUT2D eigenvalue weighted by Gasteiger charge is 2.15. The van der Waals surface area contributed by atoms with Crippen LogP contribution >= 0.6 is 35.7 Å². The van der Waals surface area contributed by atoms with Gasteiger partial charge in [-0.3, -0.25) is 0 Å². The van der Waals surface area contributed by atoms with Crippen LogP contribution in [0.1, 0.15) is 30.9 Å². The van der Waals surface area contributed by atoms with E-state index in [0.29, 0.717) is 6.54 Å². The molecular formula is C18H31IN4S. The van der Waals surface area contributed by atoms with E-state index in [0.717, 1.165) is 24.3 Å². The number of rotatable bonds is 6. The summed E-state index contributed by atoms with van der Waals surface area (Å²) in [5, 5.41) is 7.58. The van der Waals surface area contributed by atoms with Crippen LogP contribution in [0, 0.1) is 6.92 Å². The number of guanidine groups is 1. The number of nitrogens with zero attached hydrogens (tertiary/aromatic N) is 2. The molecule has 1 saturated heterocycles. The van der Waals surface area contributed by atoms with Crippen molar-refractivity contribution in [1.82, 2.24) is 10.6 Å². The number of nitrogens with one attached hydrogen (secondary N) is 2. The van der Waals surface area contributed by atoms with Crippen LogP contribution in [0.3, 0.4) is 0 Å². The summed E-state index contributed by atoms with van der Waals surface area (Å²) in [6.45, 7) is 6.88. The van der Waals surface area contributed by atoms with Gasteiger partial charge in [0.15, 0.2) is 5.96 Å². The first kappa shape index (κ1) is 21.4. The highest BCUT2D eigenvalue weighted by molar-refractivity contribution is 14.0. The third-order valence-corrected chi connectivity index (χ3v) is 5.51. The number of benzene rings is 1. The molecule has 2 rings (SSSR count). The first-order valence-electron chi connectivity index (χ1n) is 8.50. The third kappa shape index (κ3) is 6.70. The average molecular weight is 462 g/mol. The summed E-state index contributed by atoms with van der Waals surface area (Å²) >= 11 is 2.07. The van der Waals surface area contributed by atoms with Crippen LogP contribution in [-0.2, 0) is 6.54 Å². The van der Waals surface area contributed by atoms with Gasteiger partial charge in [-0.05, 0) is 55.7 Å². The molecule has 1 aromatic rings. The number of anilines is 1. The van der Waals surface area contributed by atoms with Crippen LogP contribution in [0.25, 0.3) is 0 Å². The van der Waals surface area contributed by atoms with Gasteiger partial charge < -0.3 is 15.5 Å². The lowest BCUT2D eigenvalue weighted by molar-refractivity contribution is 0.727. The molecule has 6 heteroatoms. The molecule has 1 aliphatic heterocycles. The average Bonchev–Trinajstić information content (AvgIpc) is 3.04. The first-order valence-corrected chi connectivity index (χ1v) is 9.55. The molecular weight excluding hydrogens is 431 g/mol. The summed E-state index contributed by atoms with van der Waals surface area (Å²) in [6, 6.07) is 6.57. The maximum atomic E-state index is 4.75. The summed E-state index contributed by atoms with van der Waals surface area (Å²) in [6.07, 6.45) is 2.67. The Bertz CT molecular complexity index is 528. The minimum Gasteiger partial charge on any atom is -0.378 e. The Hall–Kier alpha value is -0.630. The lowest BCUT2D eigenvalue weighted by Gasteiger charge is -2.16. The number of thioether (sulfide) groups is 1. The lowest BCUT2D eigenvalue weighted by Crippen LogP contribution is -2.40. The standard InChI is InChI=1S/C18H30N4S.HI/c1-5-19-18(21-13-17-7-6-10-23-17)20-12-15-8-9-16(22(3)4)11-14(15)2;/h8-9,11,17H,5-7,10,12-13H2,1-4H3,(H2,19,20,21);1H. The summed E-state index contributed by atoms with van der Waals surface area (Å²) in [7, 11) is 4.14. The molecule has 0 saturated carbocycles. The topological polar surface area (TPSA) is 39.7 Å². The van der Waals surface area contributed by atoms with E-state index in [1.807, 2.05) is 0 Å². The van der Waals surface area contributed by atoms with Gasteiger partial charge in [0.05, 0.1) is 6.54 Å². The van der Waals surface area contributed by atoms with Gasteiger partial charge in [-0.2, -0.15) is 11.8 Å². The maximum absolute atomic E-state index is 4.75.